The number of aryl methyl sites for hydroxylation is 1. The molecule has 24 heavy (non-hydrogen) atoms. The van der Waals surface area contributed by atoms with Gasteiger partial charge in [0.2, 0.25) is 9.84 Å². The lowest BCUT2D eigenvalue weighted by Gasteiger charge is -2.12. The van der Waals surface area contributed by atoms with Crippen molar-refractivity contribution in [2.24, 2.45) is 0 Å². The molecule has 126 valence electrons. The van der Waals surface area contributed by atoms with Gasteiger partial charge in [-0.05, 0) is 65.9 Å². The standard InChI is InChI=1S/C16H12Cl2INO3S/c1-10-2-8-13(9-3-10)24(22,23)16(14(17)18)20-15(21)11-4-6-12(19)7-5-11/h2-9H,1H3,(H,20,21). The second-order valence-electron chi connectivity index (χ2n) is 4.87. The molecule has 2 rings (SSSR count). The fourth-order valence-electron chi connectivity index (χ4n) is 1.83. The molecule has 2 aromatic rings. The third-order valence-corrected chi connectivity index (χ3v) is 6.16. The third-order valence-electron chi connectivity index (χ3n) is 3.11. The molecule has 0 bridgehead atoms. The molecule has 1 amide bonds. The van der Waals surface area contributed by atoms with E-state index in [-0.39, 0.29) is 4.90 Å². The lowest BCUT2D eigenvalue weighted by Crippen LogP contribution is -2.28. The molecule has 0 spiro atoms. The van der Waals surface area contributed by atoms with Crippen molar-refractivity contribution in [1.82, 2.24) is 5.32 Å². The quantitative estimate of drug-likeness (QED) is 0.639. The van der Waals surface area contributed by atoms with Gasteiger partial charge in [-0.3, -0.25) is 4.79 Å². The zero-order valence-corrected chi connectivity index (χ0v) is 16.9. The smallest absolute Gasteiger partial charge is 0.256 e. The minimum atomic E-state index is -4.05. The fraction of sp³-hybridized carbons (Fsp3) is 0.0625. The van der Waals surface area contributed by atoms with E-state index < -0.39 is 25.3 Å². The highest BCUT2D eigenvalue weighted by Crippen LogP contribution is 2.25. The van der Waals surface area contributed by atoms with E-state index >= 15 is 0 Å². The minimum Gasteiger partial charge on any atom is -0.310 e. The Labute approximate surface area is 163 Å². The molecule has 0 atom stereocenters. The number of benzene rings is 2. The van der Waals surface area contributed by atoms with Crippen LogP contribution < -0.4 is 5.32 Å². The number of carbonyl (C=O) groups excluding carboxylic acids is 1. The molecular formula is C16H12Cl2INO3S. The number of carbonyl (C=O) groups is 1. The van der Waals surface area contributed by atoms with Gasteiger partial charge < -0.3 is 5.32 Å². The van der Waals surface area contributed by atoms with E-state index in [0.717, 1.165) is 9.13 Å². The van der Waals surface area contributed by atoms with Gasteiger partial charge in [-0.2, -0.15) is 0 Å². The van der Waals surface area contributed by atoms with Gasteiger partial charge in [0.25, 0.3) is 5.91 Å². The Morgan fingerprint density at radius 2 is 1.54 bits per heavy atom. The van der Waals surface area contributed by atoms with Gasteiger partial charge in [0.1, 0.15) is 4.49 Å². The summed E-state index contributed by atoms with van der Waals surface area (Å²) in [6.07, 6.45) is 0. The van der Waals surface area contributed by atoms with Crippen LogP contribution in [0, 0.1) is 10.5 Å². The van der Waals surface area contributed by atoms with E-state index in [1.54, 1.807) is 36.4 Å². The van der Waals surface area contributed by atoms with Crippen molar-refractivity contribution in [3.05, 3.63) is 72.7 Å². The molecule has 2 aromatic carbocycles. The second kappa shape index (κ2) is 7.86. The molecule has 0 fully saturated rings. The Hall–Kier alpha value is -1.09. The largest absolute Gasteiger partial charge is 0.310 e. The maximum atomic E-state index is 12.7. The SMILES string of the molecule is Cc1ccc(S(=O)(=O)C(NC(=O)c2ccc(I)cc2)=C(Cl)Cl)cc1. The Morgan fingerprint density at radius 1 is 1.00 bits per heavy atom. The molecule has 0 aromatic heterocycles. The minimum absolute atomic E-state index is 0.00944. The van der Waals surface area contributed by atoms with Crippen LogP contribution in [-0.4, -0.2) is 14.3 Å². The summed E-state index contributed by atoms with van der Waals surface area (Å²) in [4.78, 5) is 12.3. The highest BCUT2D eigenvalue weighted by molar-refractivity contribution is 14.1. The third kappa shape index (κ3) is 4.50. The van der Waals surface area contributed by atoms with Gasteiger partial charge in [0.15, 0.2) is 5.03 Å². The summed E-state index contributed by atoms with van der Waals surface area (Å²) < 4.78 is 25.7. The van der Waals surface area contributed by atoms with Gasteiger partial charge in [-0.1, -0.05) is 40.9 Å². The fourth-order valence-corrected chi connectivity index (χ4v) is 4.05. The Kier molecular flexibility index (Phi) is 6.30. The van der Waals surface area contributed by atoms with Crippen molar-refractivity contribution in [1.29, 1.82) is 0 Å². The van der Waals surface area contributed by atoms with Crippen LogP contribution in [0.4, 0.5) is 0 Å². The van der Waals surface area contributed by atoms with Gasteiger partial charge in [0, 0.05) is 9.13 Å². The number of hydrogen-bond donors (Lipinski definition) is 1. The van der Waals surface area contributed by atoms with Crippen LogP contribution in [0.3, 0.4) is 0 Å². The van der Waals surface area contributed by atoms with Gasteiger partial charge in [0.05, 0.1) is 4.90 Å². The van der Waals surface area contributed by atoms with E-state index in [4.69, 9.17) is 23.2 Å². The average molecular weight is 496 g/mol. The summed E-state index contributed by atoms with van der Waals surface area (Å²) in [5.41, 5.74) is 1.20. The maximum absolute atomic E-state index is 12.7. The maximum Gasteiger partial charge on any atom is 0.256 e. The second-order valence-corrected chi connectivity index (χ2v) is 8.95. The lowest BCUT2D eigenvalue weighted by molar-refractivity contribution is 0.0968. The van der Waals surface area contributed by atoms with Crippen molar-refractivity contribution in [2.45, 2.75) is 11.8 Å². The predicted molar refractivity (Wildman–Crippen MR) is 104 cm³/mol. The van der Waals surface area contributed by atoms with E-state index in [1.807, 2.05) is 6.92 Å². The molecule has 1 N–H and O–H groups in total. The van der Waals surface area contributed by atoms with Crippen LogP contribution in [0.2, 0.25) is 0 Å². The number of rotatable bonds is 4. The van der Waals surface area contributed by atoms with Crippen LogP contribution in [-0.2, 0) is 9.84 Å². The van der Waals surface area contributed by atoms with Crippen LogP contribution in [0.1, 0.15) is 15.9 Å². The van der Waals surface area contributed by atoms with Crippen molar-refractivity contribution in [3.63, 3.8) is 0 Å². The number of hydrogen-bond acceptors (Lipinski definition) is 3. The van der Waals surface area contributed by atoms with Crippen LogP contribution in [0.15, 0.2) is 62.9 Å². The summed E-state index contributed by atoms with van der Waals surface area (Å²) in [5.74, 6) is -0.615. The molecule has 0 aliphatic carbocycles. The van der Waals surface area contributed by atoms with Crippen LogP contribution in [0.5, 0.6) is 0 Å². The topological polar surface area (TPSA) is 63.2 Å². The molecule has 0 aliphatic heterocycles. The molecule has 0 saturated heterocycles. The average Bonchev–Trinajstić information content (AvgIpc) is 2.53. The van der Waals surface area contributed by atoms with Crippen molar-refractivity contribution < 1.29 is 13.2 Å². The number of sulfone groups is 1. The summed E-state index contributed by atoms with van der Waals surface area (Å²) in [7, 11) is -4.05. The zero-order valence-electron chi connectivity index (χ0n) is 12.4. The van der Waals surface area contributed by atoms with E-state index in [9.17, 15) is 13.2 Å². The Morgan fingerprint density at radius 3 is 2.04 bits per heavy atom. The molecule has 4 nitrogen and oxygen atoms in total. The van der Waals surface area contributed by atoms with Gasteiger partial charge in [-0.25, -0.2) is 8.42 Å². The summed E-state index contributed by atoms with van der Waals surface area (Å²) in [5, 5.41) is 1.75. The number of halogens is 3. The summed E-state index contributed by atoms with van der Waals surface area (Å²) >= 11 is 13.5. The van der Waals surface area contributed by atoms with Crippen LogP contribution in [0.25, 0.3) is 0 Å². The predicted octanol–water partition coefficient (Wildman–Crippen LogP) is 4.41. The molecular weight excluding hydrogens is 484 g/mol. The first-order chi connectivity index (χ1) is 11.2. The first-order valence-electron chi connectivity index (χ1n) is 6.66. The van der Waals surface area contributed by atoms with Gasteiger partial charge >= 0.3 is 0 Å². The number of nitrogens with one attached hydrogen (secondary N) is 1. The van der Waals surface area contributed by atoms with Crippen LogP contribution >= 0.6 is 45.8 Å². The van der Waals surface area contributed by atoms with Gasteiger partial charge in [-0.15, -0.1) is 0 Å². The molecule has 0 heterocycles. The normalized spacial score (nSPS) is 11.0. The lowest BCUT2D eigenvalue weighted by atomic mass is 10.2. The Balaban J connectivity index is 2.36. The number of amides is 1. The van der Waals surface area contributed by atoms with E-state index in [0.29, 0.717) is 5.56 Å². The molecule has 0 saturated carbocycles. The Bertz CT molecular complexity index is 888. The molecule has 0 unspecified atom stereocenters. The highest BCUT2D eigenvalue weighted by atomic mass is 127. The highest BCUT2D eigenvalue weighted by Gasteiger charge is 2.26. The van der Waals surface area contributed by atoms with E-state index in [2.05, 4.69) is 27.9 Å². The summed E-state index contributed by atoms with van der Waals surface area (Å²) in [6, 6.07) is 12.8. The van der Waals surface area contributed by atoms with Crippen molar-refractivity contribution in [2.75, 3.05) is 0 Å². The first kappa shape index (κ1) is 19.2. The molecule has 0 radical (unpaired) electrons. The van der Waals surface area contributed by atoms with Crippen molar-refractivity contribution >= 4 is 61.5 Å². The molecule has 0 aliphatic rings. The summed E-state index contributed by atoms with van der Waals surface area (Å²) in [6.45, 7) is 1.83. The van der Waals surface area contributed by atoms with Crippen molar-refractivity contribution in [3.8, 4) is 0 Å². The first-order valence-corrected chi connectivity index (χ1v) is 9.97. The monoisotopic (exact) mass is 495 g/mol. The molecule has 8 heteroatoms. The van der Waals surface area contributed by atoms with E-state index in [1.165, 1.54) is 12.1 Å². The zero-order chi connectivity index (χ0) is 17.9.